The average Bonchev–Trinajstić information content (AvgIpc) is 3.34. The van der Waals surface area contributed by atoms with Gasteiger partial charge in [0.2, 0.25) is 5.91 Å². The maximum atomic E-state index is 13.1. The van der Waals surface area contributed by atoms with Gasteiger partial charge in [-0.2, -0.15) is 0 Å². The maximum absolute atomic E-state index is 13.1. The lowest BCUT2D eigenvalue weighted by Gasteiger charge is -2.10. The molecule has 0 aromatic carbocycles. The van der Waals surface area contributed by atoms with Crippen molar-refractivity contribution in [2.75, 3.05) is 18.5 Å². The Morgan fingerprint density at radius 1 is 1.06 bits per heavy atom. The highest BCUT2D eigenvalue weighted by Gasteiger charge is 2.28. The zero-order valence-electron chi connectivity index (χ0n) is 19.1. The van der Waals surface area contributed by atoms with Crippen LogP contribution in [0.4, 0.5) is 5.00 Å². The number of hydrogen-bond acceptors (Lipinski definition) is 10. The minimum Gasteiger partial charge on any atom is -0.462 e. The maximum Gasteiger partial charge on any atom is 0.348 e. The van der Waals surface area contributed by atoms with Gasteiger partial charge in [-0.1, -0.05) is 5.21 Å². The van der Waals surface area contributed by atoms with Crippen molar-refractivity contribution < 1.29 is 23.9 Å². The summed E-state index contributed by atoms with van der Waals surface area (Å²) in [5.74, 6) is -1.83. The molecule has 10 nitrogen and oxygen atoms in total. The van der Waals surface area contributed by atoms with Gasteiger partial charge in [0.1, 0.15) is 16.4 Å². The van der Waals surface area contributed by atoms with Gasteiger partial charge < -0.3 is 14.8 Å². The number of nitrogens with one attached hydrogen (secondary N) is 1. The van der Waals surface area contributed by atoms with Crippen LogP contribution in [0.1, 0.15) is 62.7 Å². The highest BCUT2D eigenvalue weighted by molar-refractivity contribution is 7.19. The molecule has 1 amide bonds. The number of anilines is 1. The van der Waals surface area contributed by atoms with Crippen LogP contribution in [0.15, 0.2) is 4.79 Å². The Labute approximate surface area is 202 Å². The van der Waals surface area contributed by atoms with Gasteiger partial charge in [-0.05, 0) is 57.6 Å². The molecule has 3 aromatic rings. The molecule has 180 valence electrons. The number of hydrogen-bond donors (Lipinski definition) is 1. The van der Waals surface area contributed by atoms with Gasteiger partial charge >= 0.3 is 11.9 Å². The number of aryl methyl sites for hydroxylation is 2. The first-order valence-corrected chi connectivity index (χ1v) is 12.6. The molecule has 1 N–H and O–H groups in total. The van der Waals surface area contributed by atoms with E-state index in [1.165, 1.54) is 11.3 Å². The zero-order chi connectivity index (χ0) is 24.4. The number of amides is 1. The largest absolute Gasteiger partial charge is 0.462 e. The molecule has 0 saturated carbocycles. The van der Waals surface area contributed by atoms with Crippen LogP contribution in [0, 0.1) is 6.92 Å². The van der Waals surface area contributed by atoms with Crippen molar-refractivity contribution in [3.05, 3.63) is 36.8 Å². The average molecular weight is 505 g/mol. The Morgan fingerprint density at radius 3 is 2.50 bits per heavy atom. The Morgan fingerprint density at radius 2 is 1.76 bits per heavy atom. The third-order valence-corrected chi connectivity index (χ3v) is 7.84. The van der Waals surface area contributed by atoms with Crippen molar-refractivity contribution >= 4 is 55.7 Å². The summed E-state index contributed by atoms with van der Waals surface area (Å²) < 4.78 is 11.2. The number of esters is 2. The van der Waals surface area contributed by atoms with Gasteiger partial charge in [0.15, 0.2) is 4.83 Å². The molecule has 3 heterocycles. The number of carbonyl (C=O) groups excluding carboxylic acids is 3. The lowest BCUT2D eigenvalue weighted by atomic mass is 9.97. The van der Waals surface area contributed by atoms with Crippen LogP contribution in [-0.4, -0.2) is 46.1 Å². The third kappa shape index (κ3) is 4.47. The molecule has 0 aliphatic heterocycles. The highest BCUT2D eigenvalue weighted by Crippen LogP contribution is 2.35. The molecular formula is C22H24N4O6S2. The first-order chi connectivity index (χ1) is 16.3. The molecule has 0 atom stereocenters. The lowest BCUT2D eigenvalue weighted by molar-refractivity contribution is -0.117. The van der Waals surface area contributed by atoms with Crippen molar-refractivity contribution in [3.8, 4) is 0 Å². The van der Waals surface area contributed by atoms with E-state index in [1.54, 1.807) is 20.8 Å². The second-order valence-electron chi connectivity index (χ2n) is 7.69. The molecule has 0 spiro atoms. The molecule has 12 heteroatoms. The molecule has 0 radical (unpaired) electrons. The van der Waals surface area contributed by atoms with E-state index >= 15 is 0 Å². The summed E-state index contributed by atoms with van der Waals surface area (Å²) >= 11 is 2.41. The monoisotopic (exact) mass is 504 g/mol. The van der Waals surface area contributed by atoms with E-state index in [-0.39, 0.29) is 40.8 Å². The standard InChI is InChI=1S/C22H24N4O6S2/c1-4-31-21(29)15-11(3)17(22(30)32-5-2)34-18(15)23-14(27)10-26-20(28)16-12-8-6-7-9-13(12)33-19(16)24-25-26/h4-10H2,1-3H3,(H,23,27). The Kier molecular flexibility index (Phi) is 7.08. The van der Waals surface area contributed by atoms with E-state index < -0.39 is 17.8 Å². The summed E-state index contributed by atoms with van der Waals surface area (Å²) in [4.78, 5) is 52.7. The second-order valence-corrected chi connectivity index (χ2v) is 9.80. The summed E-state index contributed by atoms with van der Waals surface area (Å²) in [7, 11) is 0. The smallest absolute Gasteiger partial charge is 0.348 e. The molecule has 1 aliphatic carbocycles. The van der Waals surface area contributed by atoms with E-state index in [0.29, 0.717) is 15.8 Å². The topological polar surface area (TPSA) is 129 Å². The van der Waals surface area contributed by atoms with Crippen LogP contribution >= 0.6 is 22.7 Å². The normalized spacial score (nSPS) is 12.9. The van der Waals surface area contributed by atoms with Crippen LogP contribution in [0.25, 0.3) is 10.2 Å². The fourth-order valence-corrected chi connectivity index (χ4v) is 6.26. The quantitative estimate of drug-likeness (QED) is 0.486. The van der Waals surface area contributed by atoms with Crippen LogP contribution in [0.3, 0.4) is 0 Å². The van der Waals surface area contributed by atoms with E-state index in [4.69, 9.17) is 9.47 Å². The zero-order valence-corrected chi connectivity index (χ0v) is 20.7. The number of aromatic nitrogens is 3. The highest BCUT2D eigenvalue weighted by atomic mass is 32.1. The minimum absolute atomic E-state index is 0.0871. The van der Waals surface area contributed by atoms with Gasteiger partial charge in [-0.25, -0.2) is 14.3 Å². The van der Waals surface area contributed by atoms with Crippen molar-refractivity contribution in [1.82, 2.24) is 15.0 Å². The summed E-state index contributed by atoms with van der Waals surface area (Å²) in [6.45, 7) is 4.84. The molecule has 0 unspecified atom stereocenters. The second kappa shape index (κ2) is 10.0. The van der Waals surface area contributed by atoms with Crippen LogP contribution in [-0.2, 0) is 33.7 Å². The van der Waals surface area contributed by atoms with E-state index in [1.807, 2.05) is 0 Å². The predicted octanol–water partition coefficient (Wildman–Crippen LogP) is 3.09. The molecule has 0 saturated heterocycles. The summed E-state index contributed by atoms with van der Waals surface area (Å²) in [6, 6.07) is 0. The Balaban J connectivity index is 1.63. The van der Waals surface area contributed by atoms with Crippen LogP contribution < -0.4 is 10.9 Å². The van der Waals surface area contributed by atoms with E-state index in [0.717, 1.165) is 52.1 Å². The third-order valence-electron chi connectivity index (χ3n) is 5.48. The number of fused-ring (bicyclic) bond motifs is 3. The SMILES string of the molecule is CCOC(=O)c1sc(NC(=O)Cn2nnc3sc4c(c3c2=O)CCCC4)c(C(=O)OCC)c1C. The lowest BCUT2D eigenvalue weighted by Crippen LogP contribution is -2.30. The van der Waals surface area contributed by atoms with Crippen molar-refractivity contribution in [1.29, 1.82) is 0 Å². The number of ether oxygens (including phenoxy) is 2. The number of thiophene rings is 2. The molecular weight excluding hydrogens is 480 g/mol. The van der Waals surface area contributed by atoms with Crippen LogP contribution in [0.2, 0.25) is 0 Å². The Hall–Kier alpha value is -3.12. The van der Waals surface area contributed by atoms with Gasteiger partial charge in [-0.3, -0.25) is 9.59 Å². The van der Waals surface area contributed by atoms with E-state index in [2.05, 4.69) is 15.6 Å². The molecule has 0 fully saturated rings. The first kappa shape index (κ1) is 24.0. The minimum atomic E-state index is -0.662. The molecule has 0 bridgehead atoms. The van der Waals surface area contributed by atoms with Crippen molar-refractivity contribution in [3.63, 3.8) is 0 Å². The summed E-state index contributed by atoms with van der Waals surface area (Å²) in [6.07, 6.45) is 3.84. The number of carbonyl (C=O) groups is 3. The van der Waals surface area contributed by atoms with Crippen molar-refractivity contribution in [2.24, 2.45) is 0 Å². The molecule has 3 aromatic heterocycles. The molecule has 1 aliphatic rings. The Bertz CT molecular complexity index is 1340. The fourth-order valence-electron chi connectivity index (χ4n) is 3.95. The van der Waals surface area contributed by atoms with Crippen LogP contribution in [0.5, 0.6) is 0 Å². The van der Waals surface area contributed by atoms with Gasteiger partial charge in [0.25, 0.3) is 5.56 Å². The fraction of sp³-hybridized carbons (Fsp3) is 0.455. The summed E-state index contributed by atoms with van der Waals surface area (Å²) in [5, 5.41) is 11.4. The van der Waals surface area contributed by atoms with Crippen molar-refractivity contribution in [2.45, 2.75) is 53.0 Å². The van der Waals surface area contributed by atoms with E-state index in [9.17, 15) is 19.2 Å². The molecule has 4 rings (SSSR count). The van der Waals surface area contributed by atoms with Gasteiger partial charge in [0.05, 0.1) is 24.2 Å². The number of rotatable bonds is 7. The first-order valence-electron chi connectivity index (χ1n) is 11.0. The summed E-state index contributed by atoms with van der Waals surface area (Å²) in [5.41, 5.74) is 1.10. The molecule has 34 heavy (non-hydrogen) atoms. The van der Waals surface area contributed by atoms with Gasteiger partial charge in [-0.15, -0.1) is 27.8 Å². The predicted molar refractivity (Wildman–Crippen MR) is 128 cm³/mol. The number of nitrogens with zero attached hydrogens (tertiary/aromatic N) is 3. The van der Waals surface area contributed by atoms with Gasteiger partial charge in [0, 0.05) is 4.88 Å².